The van der Waals surface area contributed by atoms with Gasteiger partial charge in [0.1, 0.15) is 0 Å². The average molecular weight is 319 g/mol. The molecule has 2 nitrogen and oxygen atoms in total. The van der Waals surface area contributed by atoms with Gasteiger partial charge in [-0.3, -0.25) is 0 Å². The SMILES string of the molecule is C=C(Br)C(CCCCCCCCC)C1OCCO1. The van der Waals surface area contributed by atoms with Gasteiger partial charge in [-0.05, 0) is 10.9 Å². The molecule has 0 aromatic heterocycles. The molecule has 0 bridgehead atoms. The quantitative estimate of drug-likeness (QED) is 0.526. The largest absolute Gasteiger partial charge is 0.350 e. The molecule has 0 radical (unpaired) electrons. The van der Waals surface area contributed by atoms with E-state index in [1.807, 2.05) is 0 Å². The van der Waals surface area contributed by atoms with Crippen LogP contribution in [0.5, 0.6) is 0 Å². The van der Waals surface area contributed by atoms with E-state index in [9.17, 15) is 0 Å². The molecule has 0 spiro atoms. The molecule has 106 valence electrons. The van der Waals surface area contributed by atoms with Crippen LogP contribution in [-0.4, -0.2) is 19.5 Å². The van der Waals surface area contributed by atoms with E-state index >= 15 is 0 Å². The fraction of sp³-hybridized carbons (Fsp3) is 0.867. The lowest BCUT2D eigenvalue weighted by atomic mass is 9.99. The van der Waals surface area contributed by atoms with E-state index in [4.69, 9.17) is 9.47 Å². The molecule has 0 amide bonds. The Kier molecular flexibility index (Phi) is 8.99. The molecule has 0 aromatic rings. The molecule has 18 heavy (non-hydrogen) atoms. The van der Waals surface area contributed by atoms with Gasteiger partial charge < -0.3 is 9.47 Å². The lowest BCUT2D eigenvalue weighted by molar-refractivity contribution is -0.0731. The Morgan fingerprint density at radius 1 is 1.11 bits per heavy atom. The van der Waals surface area contributed by atoms with Crippen molar-refractivity contribution >= 4 is 15.9 Å². The highest BCUT2D eigenvalue weighted by Crippen LogP contribution is 2.30. The zero-order valence-electron chi connectivity index (χ0n) is 11.6. The lowest BCUT2D eigenvalue weighted by Crippen LogP contribution is -2.21. The molecule has 1 aliphatic heterocycles. The van der Waals surface area contributed by atoms with Gasteiger partial charge in [-0.15, -0.1) is 0 Å². The Morgan fingerprint density at radius 3 is 2.22 bits per heavy atom. The van der Waals surface area contributed by atoms with Crippen LogP contribution in [0.25, 0.3) is 0 Å². The summed E-state index contributed by atoms with van der Waals surface area (Å²) in [6, 6.07) is 0. The third-order valence-electron chi connectivity index (χ3n) is 3.50. The molecule has 1 fully saturated rings. The van der Waals surface area contributed by atoms with Crippen LogP contribution in [0.1, 0.15) is 58.3 Å². The van der Waals surface area contributed by atoms with Crippen LogP contribution in [0.3, 0.4) is 0 Å². The molecule has 1 heterocycles. The molecule has 0 aliphatic carbocycles. The second-order valence-electron chi connectivity index (χ2n) is 5.07. The van der Waals surface area contributed by atoms with Gasteiger partial charge in [0.15, 0.2) is 6.29 Å². The molecule has 1 saturated heterocycles. The van der Waals surface area contributed by atoms with Crippen LogP contribution in [-0.2, 0) is 9.47 Å². The smallest absolute Gasteiger partial charge is 0.165 e. The summed E-state index contributed by atoms with van der Waals surface area (Å²) in [7, 11) is 0. The molecule has 0 N–H and O–H groups in total. The first-order valence-electron chi connectivity index (χ1n) is 7.33. The number of unbranched alkanes of at least 4 members (excludes halogenated alkanes) is 6. The van der Waals surface area contributed by atoms with E-state index in [-0.39, 0.29) is 6.29 Å². The van der Waals surface area contributed by atoms with Crippen molar-refractivity contribution in [2.24, 2.45) is 5.92 Å². The van der Waals surface area contributed by atoms with Crippen LogP contribution in [0, 0.1) is 5.92 Å². The molecular weight excluding hydrogens is 292 g/mol. The molecule has 1 unspecified atom stereocenters. The summed E-state index contributed by atoms with van der Waals surface area (Å²) in [5, 5.41) is 0. The van der Waals surface area contributed by atoms with Gasteiger partial charge in [-0.2, -0.15) is 0 Å². The molecule has 1 aliphatic rings. The average Bonchev–Trinajstić information content (AvgIpc) is 2.85. The van der Waals surface area contributed by atoms with Gasteiger partial charge >= 0.3 is 0 Å². The Labute approximate surface area is 120 Å². The van der Waals surface area contributed by atoms with Crippen molar-refractivity contribution in [1.29, 1.82) is 0 Å². The van der Waals surface area contributed by atoms with E-state index in [2.05, 4.69) is 29.4 Å². The fourth-order valence-electron chi connectivity index (χ4n) is 2.37. The maximum atomic E-state index is 5.57. The number of halogens is 1. The minimum absolute atomic E-state index is 0.0723. The summed E-state index contributed by atoms with van der Waals surface area (Å²) in [6.45, 7) is 7.70. The third kappa shape index (κ3) is 6.35. The zero-order valence-corrected chi connectivity index (χ0v) is 13.2. The highest BCUT2D eigenvalue weighted by Gasteiger charge is 2.27. The van der Waals surface area contributed by atoms with Crippen molar-refractivity contribution in [3.05, 3.63) is 11.1 Å². The Bertz CT molecular complexity index is 225. The number of hydrogen-bond acceptors (Lipinski definition) is 2. The maximum absolute atomic E-state index is 5.57. The highest BCUT2D eigenvalue weighted by atomic mass is 79.9. The van der Waals surface area contributed by atoms with Gasteiger partial charge in [-0.25, -0.2) is 0 Å². The predicted molar refractivity (Wildman–Crippen MR) is 79.9 cm³/mol. The summed E-state index contributed by atoms with van der Waals surface area (Å²) >= 11 is 3.50. The van der Waals surface area contributed by atoms with Crippen LogP contribution >= 0.6 is 15.9 Å². The first-order chi connectivity index (χ1) is 8.75. The van der Waals surface area contributed by atoms with Crippen LogP contribution < -0.4 is 0 Å². The lowest BCUT2D eigenvalue weighted by Gasteiger charge is -2.21. The number of hydrogen-bond donors (Lipinski definition) is 0. The van der Waals surface area contributed by atoms with Crippen molar-refractivity contribution < 1.29 is 9.47 Å². The van der Waals surface area contributed by atoms with Crippen LogP contribution in [0.4, 0.5) is 0 Å². The number of ether oxygens (including phenoxy) is 2. The zero-order chi connectivity index (χ0) is 13.2. The van der Waals surface area contributed by atoms with Gasteiger partial charge in [0, 0.05) is 5.92 Å². The summed E-state index contributed by atoms with van der Waals surface area (Å²) in [5.41, 5.74) is 0. The minimum atomic E-state index is -0.0723. The highest BCUT2D eigenvalue weighted by molar-refractivity contribution is 9.11. The molecule has 1 rings (SSSR count). The van der Waals surface area contributed by atoms with Crippen molar-refractivity contribution in [2.75, 3.05) is 13.2 Å². The second kappa shape index (κ2) is 9.99. The van der Waals surface area contributed by atoms with E-state index in [1.54, 1.807) is 0 Å². The van der Waals surface area contributed by atoms with E-state index in [1.165, 1.54) is 44.9 Å². The van der Waals surface area contributed by atoms with Gasteiger partial charge in [-0.1, -0.05) is 74.4 Å². The fourth-order valence-corrected chi connectivity index (χ4v) is 2.82. The normalized spacial score (nSPS) is 18.1. The monoisotopic (exact) mass is 318 g/mol. The van der Waals surface area contributed by atoms with Crippen molar-refractivity contribution in [3.63, 3.8) is 0 Å². The van der Waals surface area contributed by atoms with E-state index in [0.29, 0.717) is 5.92 Å². The van der Waals surface area contributed by atoms with Crippen molar-refractivity contribution in [1.82, 2.24) is 0 Å². The molecule has 0 aromatic carbocycles. The third-order valence-corrected chi connectivity index (χ3v) is 4.09. The summed E-state index contributed by atoms with van der Waals surface area (Å²) < 4.78 is 12.2. The van der Waals surface area contributed by atoms with Gasteiger partial charge in [0.2, 0.25) is 0 Å². The molecule has 0 saturated carbocycles. The van der Waals surface area contributed by atoms with Crippen LogP contribution in [0.2, 0.25) is 0 Å². The van der Waals surface area contributed by atoms with Crippen molar-refractivity contribution in [2.45, 2.75) is 64.6 Å². The first-order valence-corrected chi connectivity index (χ1v) is 8.12. The Balaban J connectivity index is 2.08. The van der Waals surface area contributed by atoms with E-state index < -0.39 is 0 Å². The molecule has 3 heteroatoms. The maximum Gasteiger partial charge on any atom is 0.165 e. The summed E-state index contributed by atoms with van der Waals surface area (Å²) in [4.78, 5) is 0. The standard InChI is InChI=1S/C15H27BrO2/c1-3-4-5-6-7-8-9-10-14(13(2)16)15-17-11-12-18-15/h14-15H,2-12H2,1H3. The summed E-state index contributed by atoms with van der Waals surface area (Å²) in [6.07, 6.45) is 10.4. The Hall–Kier alpha value is 0.140. The number of rotatable bonds is 10. The van der Waals surface area contributed by atoms with E-state index in [0.717, 1.165) is 24.1 Å². The predicted octanol–water partition coefficient (Wildman–Crippen LogP) is 5.02. The molecule has 1 atom stereocenters. The van der Waals surface area contributed by atoms with Crippen molar-refractivity contribution in [3.8, 4) is 0 Å². The molecular formula is C15H27BrO2. The second-order valence-corrected chi connectivity index (χ2v) is 6.09. The van der Waals surface area contributed by atoms with Gasteiger partial charge in [0.05, 0.1) is 13.2 Å². The van der Waals surface area contributed by atoms with Crippen LogP contribution in [0.15, 0.2) is 11.1 Å². The first kappa shape index (κ1) is 16.2. The minimum Gasteiger partial charge on any atom is -0.350 e. The Morgan fingerprint density at radius 2 is 1.67 bits per heavy atom. The van der Waals surface area contributed by atoms with Gasteiger partial charge in [0.25, 0.3) is 0 Å². The topological polar surface area (TPSA) is 18.5 Å². The summed E-state index contributed by atoms with van der Waals surface area (Å²) in [5.74, 6) is 0.308.